The summed E-state index contributed by atoms with van der Waals surface area (Å²) in [4.78, 5) is 19.0. The smallest absolute Gasteiger partial charge is 0.292 e. The molecule has 146 valence electrons. The van der Waals surface area contributed by atoms with Gasteiger partial charge in [-0.25, -0.2) is 13.4 Å². The number of carbonyl (C=O) groups is 1. The van der Waals surface area contributed by atoms with Crippen molar-refractivity contribution in [3.05, 3.63) is 48.2 Å². The maximum Gasteiger partial charge on any atom is 0.292 e. The van der Waals surface area contributed by atoms with E-state index in [1.807, 2.05) is 0 Å². The molecule has 2 aliphatic heterocycles. The van der Waals surface area contributed by atoms with Crippen LogP contribution in [0.25, 0.3) is 0 Å². The van der Waals surface area contributed by atoms with Gasteiger partial charge in [0.2, 0.25) is 9.84 Å². The fourth-order valence-electron chi connectivity index (χ4n) is 3.76. The van der Waals surface area contributed by atoms with E-state index in [2.05, 4.69) is 4.98 Å². The number of amides is 1. The summed E-state index contributed by atoms with van der Waals surface area (Å²) in [6, 6.07) is 9.46. The zero-order chi connectivity index (χ0) is 19.4. The van der Waals surface area contributed by atoms with Crippen molar-refractivity contribution in [2.45, 2.75) is 35.0 Å². The molecule has 2 aromatic rings. The summed E-state index contributed by atoms with van der Waals surface area (Å²) in [6.45, 7) is 1.38. The van der Waals surface area contributed by atoms with Crippen LogP contribution in [-0.2, 0) is 29.9 Å². The molecule has 3 heterocycles. The lowest BCUT2D eigenvalue weighted by Crippen LogP contribution is -2.47. The average molecular weight is 400 g/mol. The Balaban J connectivity index is 1.63. The van der Waals surface area contributed by atoms with Crippen molar-refractivity contribution in [3.63, 3.8) is 0 Å². The van der Waals surface area contributed by atoms with Crippen molar-refractivity contribution in [3.8, 4) is 0 Å². The van der Waals surface area contributed by atoms with E-state index in [1.54, 1.807) is 23.1 Å². The van der Waals surface area contributed by atoms with Crippen LogP contribution in [0.3, 0.4) is 0 Å². The standard InChI is InChI=1S/C20H20N2O5S/c23-19-20(26-10-3-11-27-20)16-12-15(28(24,25)18-4-1-2-9-21-18)7-8-17(16)22(19)13-14-5-6-14/h1-2,4,7-9,12,14H,3,5-6,10-11,13H2. The molecule has 0 unspecified atom stereocenters. The molecule has 8 heteroatoms. The first kappa shape index (κ1) is 17.8. The molecule has 28 heavy (non-hydrogen) atoms. The van der Waals surface area contributed by atoms with Crippen molar-refractivity contribution in [2.75, 3.05) is 24.7 Å². The molecule has 2 fully saturated rings. The Kier molecular flexibility index (Phi) is 4.04. The predicted molar refractivity (Wildman–Crippen MR) is 99.4 cm³/mol. The highest BCUT2D eigenvalue weighted by molar-refractivity contribution is 7.91. The number of hydrogen-bond donors (Lipinski definition) is 0. The minimum atomic E-state index is -3.81. The molecular weight excluding hydrogens is 380 g/mol. The zero-order valence-corrected chi connectivity index (χ0v) is 16.0. The Labute approximate surface area is 163 Å². The van der Waals surface area contributed by atoms with Gasteiger partial charge in [0.05, 0.1) is 23.8 Å². The minimum Gasteiger partial charge on any atom is -0.338 e. The van der Waals surface area contributed by atoms with Crippen LogP contribution >= 0.6 is 0 Å². The van der Waals surface area contributed by atoms with E-state index in [0.717, 1.165) is 12.8 Å². The summed E-state index contributed by atoms with van der Waals surface area (Å²) in [6.07, 6.45) is 4.33. The van der Waals surface area contributed by atoms with Gasteiger partial charge in [0.15, 0.2) is 5.03 Å². The number of nitrogens with zero attached hydrogens (tertiary/aromatic N) is 2. The molecule has 0 atom stereocenters. The number of sulfone groups is 1. The summed E-state index contributed by atoms with van der Waals surface area (Å²) in [5.74, 6) is -1.33. The van der Waals surface area contributed by atoms with Crippen LogP contribution in [0, 0.1) is 5.92 Å². The summed E-state index contributed by atoms with van der Waals surface area (Å²) >= 11 is 0. The first-order chi connectivity index (χ1) is 13.5. The third kappa shape index (κ3) is 2.67. The molecule has 1 aromatic heterocycles. The summed E-state index contributed by atoms with van der Waals surface area (Å²) < 4.78 is 37.7. The van der Waals surface area contributed by atoms with Gasteiger partial charge < -0.3 is 14.4 Å². The van der Waals surface area contributed by atoms with E-state index in [-0.39, 0.29) is 15.8 Å². The largest absolute Gasteiger partial charge is 0.338 e. The number of pyridine rings is 1. The molecule has 0 bridgehead atoms. The van der Waals surface area contributed by atoms with Crippen LogP contribution in [-0.4, -0.2) is 39.1 Å². The third-order valence-corrected chi connectivity index (χ3v) is 7.07. The monoisotopic (exact) mass is 400 g/mol. The number of anilines is 1. The van der Waals surface area contributed by atoms with Crippen LogP contribution in [0.1, 0.15) is 24.8 Å². The lowest BCUT2D eigenvalue weighted by Gasteiger charge is -2.32. The van der Waals surface area contributed by atoms with Gasteiger partial charge in [0.1, 0.15) is 0 Å². The molecule has 1 saturated heterocycles. The first-order valence-corrected chi connectivity index (χ1v) is 10.9. The number of benzene rings is 1. The van der Waals surface area contributed by atoms with Crippen molar-refractivity contribution in [2.24, 2.45) is 5.92 Å². The van der Waals surface area contributed by atoms with Gasteiger partial charge in [0, 0.05) is 18.3 Å². The first-order valence-electron chi connectivity index (χ1n) is 9.43. The van der Waals surface area contributed by atoms with Crippen LogP contribution in [0.4, 0.5) is 5.69 Å². The highest BCUT2D eigenvalue weighted by atomic mass is 32.2. The van der Waals surface area contributed by atoms with Gasteiger partial charge in [-0.05, 0) is 55.5 Å². The predicted octanol–water partition coefficient (Wildman–Crippen LogP) is 2.26. The molecule has 1 aromatic carbocycles. The van der Waals surface area contributed by atoms with E-state index in [0.29, 0.717) is 43.3 Å². The number of aromatic nitrogens is 1. The van der Waals surface area contributed by atoms with Crippen molar-refractivity contribution < 1.29 is 22.7 Å². The molecule has 1 amide bonds. The zero-order valence-electron chi connectivity index (χ0n) is 15.2. The Morgan fingerprint density at radius 3 is 2.61 bits per heavy atom. The van der Waals surface area contributed by atoms with E-state index in [1.165, 1.54) is 24.4 Å². The Morgan fingerprint density at radius 1 is 1.14 bits per heavy atom. The van der Waals surface area contributed by atoms with Crippen LogP contribution in [0.15, 0.2) is 52.5 Å². The number of carbonyl (C=O) groups excluding carboxylic acids is 1. The van der Waals surface area contributed by atoms with E-state index < -0.39 is 15.6 Å². The van der Waals surface area contributed by atoms with Gasteiger partial charge in [-0.1, -0.05) is 6.07 Å². The second-order valence-electron chi connectivity index (χ2n) is 7.38. The van der Waals surface area contributed by atoms with Gasteiger partial charge in [-0.3, -0.25) is 4.79 Å². The Morgan fingerprint density at radius 2 is 1.93 bits per heavy atom. The quantitative estimate of drug-likeness (QED) is 0.783. The number of ether oxygens (including phenoxy) is 2. The molecule has 5 rings (SSSR count). The maximum atomic E-state index is 13.2. The summed E-state index contributed by atoms with van der Waals surface area (Å²) in [5.41, 5.74) is 1.13. The topological polar surface area (TPSA) is 85.8 Å². The molecule has 1 saturated carbocycles. The second-order valence-corrected chi connectivity index (χ2v) is 9.27. The van der Waals surface area contributed by atoms with E-state index in [9.17, 15) is 13.2 Å². The number of rotatable bonds is 4. The molecule has 3 aliphatic rings. The molecule has 1 spiro atoms. The highest BCUT2D eigenvalue weighted by Crippen LogP contribution is 2.47. The molecule has 1 aliphatic carbocycles. The molecular formula is C20H20N2O5S. The molecule has 0 N–H and O–H groups in total. The number of hydrogen-bond acceptors (Lipinski definition) is 6. The molecule has 7 nitrogen and oxygen atoms in total. The van der Waals surface area contributed by atoms with E-state index >= 15 is 0 Å². The maximum absolute atomic E-state index is 13.2. The minimum absolute atomic E-state index is 0.0337. The SMILES string of the molecule is O=C1N(CC2CC2)c2ccc(S(=O)(=O)c3ccccn3)cc2C12OCCCO2. The third-order valence-electron chi connectivity index (χ3n) is 5.40. The number of fused-ring (bicyclic) bond motifs is 2. The van der Waals surface area contributed by atoms with Crippen LogP contribution in [0.2, 0.25) is 0 Å². The van der Waals surface area contributed by atoms with Crippen LogP contribution < -0.4 is 4.90 Å². The van der Waals surface area contributed by atoms with Gasteiger partial charge >= 0.3 is 0 Å². The van der Waals surface area contributed by atoms with Gasteiger partial charge in [-0.2, -0.15) is 0 Å². The fourth-order valence-corrected chi connectivity index (χ4v) is 4.98. The molecule has 0 radical (unpaired) electrons. The lowest BCUT2D eigenvalue weighted by atomic mass is 10.1. The normalized spacial score (nSPS) is 21.1. The second kappa shape index (κ2) is 6.37. The van der Waals surface area contributed by atoms with Crippen molar-refractivity contribution >= 4 is 21.4 Å². The summed E-state index contributed by atoms with van der Waals surface area (Å²) in [7, 11) is -3.81. The Hall–Kier alpha value is -2.29. The van der Waals surface area contributed by atoms with E-state index in [4.69, 9.17) is 9.47 Å². The van der Waals surface area contributed by atoms with Crippen LogP contribution in [0.5, 0.6) is 0 Å². The fraction of sp³-hybridized carbons (Fsp3) is 0.400. The van der Waals surface area contributed by atoms with Gasteiger partial charge in [0.25, 0.3) is 11.7 Å². The lowest BCUT2D eigenvalue weighted by molar-refractivity contribution is -0.256. The summed E-state index contributed by atoms with van der Waals surface area (Å²) in [5, 5.41) is -0.0337. The van der Waals surface area contributed by atoms with Crippen molar-refractivity contribution in [1.29, 1.82) is 0 Å². The average Bonchev–Trinajstić information content (AvgIpc) is 3.53. The Bertz CT molecular complexity index is 1030. The van der Waals surface area contributed by atoms with Gasteiger partial charge in [-0.15, -0.1) is 0 Å². The highest BCUT2D eigenvalue weighted by Gasteiger charge is 2.55. The van der Waals surface area contributed by atoms with Crippen molar-refractivity contribution in [1.82, 2.24) is 4.98 Å².